The number of carbonyl (C=O) groups excluding carboxylic acids is 1. The molecule has 1 aromatic heterocycles. The number of hydrogen-bond donors (Lipinski definition) is 1. The first-order chi connectivity index (χ1) is 11.1. The van der Waals surface area contributed by atoms with Crippen LogP contribution in [0, 0.1) is 0 Å². The highest BCUT2D eigenvalue weighted by atomic mass is 16.2. The third-order valence-corrected chi connectivity index (χ3v) is 4.41. The first-order valence-electron chi connectivity index (χ1n) is 8.04. The molecule has 3 rings (SSSR count). The molecule has 2 heterocycles. The van der Waals surface area contributed by atoms with Crippen LogP contribution in [0.1, 0.15) is 42.0 Å². The molecule has 1 atom stereocenters. The number of rotatable bonds is 4. The molecule has 6 nitrogen and oxygen atoms in total. The van der Waals surface area contributed by atoms with Gasteiger partial charge < -0.3 is 4.90 Å². The van der Waals surface area contributed by atoms with E-state index >= 15 is 0 Å². The Balaban J connectivity index is 1.83. The minimum absolute atomic E-state index is 0.176. The zero-order valence-electron chi connectivity index (χ0n) is 13.9. The summed E-state index contributed by atoms with van der Waals surface area (Å²) in [6, 6.07) is 8.66. The number of benzene rings is 1. The predicted octanol–water partition coefficient (Wildman–Crippen LogP) is 2.33. The highest BCUT2D eigenvalue weighted by Gasteiger charge is 2.20. The molecule has 1 aliphatic rings. The Morgan fingerprint density at radius 3 is 2.74 bits per heavy atom. The number of amides is 1. The Morgan fingerprint density at radius 2 is 2.04 bits per heavy atom. The summed E-state index contributed by atoms with van der Waals surface area (Å²) >= 11 is 0. The van der Waals surface area contributed by atoms with Gasteiger partial charge in [0.2, 0.25) is 5.82 Å². The molecule has 0 saturated carbocycles. The van der Waals surface area contributed by atoms with Gasteiger partial charge in [-0.15, -0.1) is 0 Å². The van der Waals surface area contributed by atoms with E-state index < -0.39 is 0 Å². The van der Waals surface area contributed by atoms with E-state index in [0.717, 1.165) is 18.7 Å². The first-order valence-corrected chi connectivity index (χ1v) is 8.04. The fourth-order valence-electron chi connectivity index (χ4n) is 2.98. The van der Waals surface area contributed by atoms with Crippen molar-refractivity contribution in [3.63, 3.8) is 0 Å². The van der Waals surface area contributed by atoms with Gasteiger partial charge in [-0.05, 0) is 44.5 Å². The maximum absolute atomic E-state index is 11.9. The summed E-state index contributed by atoms with van der Waals surface area (Å²) in [4.78, 5) is 20.2. The number of H-pyrrole nitrogens is 1. The van der Waals surface area contributed by atoms with Crippen LogP contribution in [0.15, 0.2) is 24.3 Å². The summed E-state index contributed by atoms with van der Waals surface area (Å²) in [6.45, 7) is 4.56. The number of likely N-dealkylation sites (tertiary alicyclic amines) is 1. The van der Waals surface area contributed by atoms with Gasteiger partial charge in [0.25, 0.3) is 5.91 Å². The van der Waals surface area contributed by atoms with E-state index in [-0.39, 0.29) is 11.7 Å². The van der Waals surface area contributed by atoms with Crippen molar-refractivity contribution >= 4 is 5.91 Å². The van der Waals surface area contributed by atoms with Crippen molar-refractivity contribution in [2.24, 2.45) is 0 Å². The summed E-state index contributed by atoms with van der Waals surface area (Å²) < 4.78 is 0. The molecule has 1 N–H and O–H groups in total. The number of nitrogens with one attached hydrogen (secondary N) is 1. The normalized spacial score (nSPS) is 16.5. The van der Waals surface area contributed by atoms with Gasteiger partial charge in [-0.3, -0.25) is 14.8 Å². The lowest BCUT2D eigenvalue weighted by Crippen LogP contribution is -2.23. The quantitative estimate of drug-likeness (QED) is 0.941. The topological polar surface area (TPSA) is 65.1 Å². The number of hydrogen-bond acceptors (Lipinski definition) is 4. The van der Waals surface area contributed by atoms with Crippen LogP contribution in [0.25, 0.3) is 11.4 Å². The lowest BCUT2D eigenvalue weighted by molar-refractivity contribution is 0.0816. The van der Waals surface area contributed by atoms with Gasteiger partial charge in [-0.1, -0.05) is 18.2 Å². The number of aromatic nitrogens is 3. The van der Waals surface area contributed by atoms with Crippen LogP contribution in [0.5, 0.6) is 0 Å². The third kappa shape index (κ3) is 3.27. The van der Waals surface area contributed by atoms with Crippen LogP contribution in [0.2, 0.25) is 0 Å². The molecule has 0 radical (unpaired) electrons. The molecule has 1 saturated heterocycles. The summed E-state index contributed by atoms with van der Waals surface area (Å²) in [5.41, 5.74) is 2.19. The zero-order valence-corrected chi connectivity index (χ0v) is 13.9. The highest BCUT2D eigenvalue weighted by molar-refractivity contribution is 5.90. The van der Waals surface area contributed by atoms with Gasteiger partial charge in [0.15, 0.2) is 5.82 Å². The second-order valence-corrected chi connectivity index (χ2v) is 6.25. The third-order valence-electron chi connectivity index (χ3n) is 4.41. The Hall–Kier alpha value is -2.21. The SMILES string of the molecule is C[C@H](c1cccc(-c2n[nH]c(C(=O)N(C)C)n2)c1)N1CCCC1. The first kappa shape index (κ1) is 15.7. The average molecular weight is 313 g/mol. The fraction of sp³-hybridized carbons (Fsp3) is 0.471. The molecule has 1 aromatic carbocycles. The molecule has 6 heteroatoms. The summed E-state index contributed by atoms with van der Waals surface area (Å²) in [6.07, 6.45) is 2.56. The number of aromatic amines is 1. The van der Waals surface area contributed by atoms with Crippen LogP contribution < -0.4 is 0 Å². The van der Waals surface area contributed by atoms with E-state index in [1.165, 1.54) is 23.3 Å². The molecular weight excluding hydrogens is 290 g/mol. The Morgan fingerprint density at radius 1 is 1.30 bits per heavy atom. The van der Waals surface area contributed by atoms with Crippen LogP contribution in [0.4, 0.5) is 0 Å². The molecular formula is C17H23N5O. The number of nitrogens with zero attached hydrogens (tertiary/aromatic N) is 4. The maximum atomic E-state index is 11.9. The minimum atomic E-state index is -0.176. The van der Waals surface area contributed by atoms with E-state index in [2.05, 4.69) is 39.1 Å². The molecule has 2 aromatic rings. The van der Waals surface area contributed by atoms with E-state index in [9.17, 15) is 4.79 Å². The van der Waals surface area contributed by atoms with Gasteiger partial charge in [0, 0.05) is 25.7 Å². The largest absolute Gasteiger partial charge is 0.342 e. The van der Waals surface area contributed by atoms with Crippen molar-refractivity contribution in [2.45, 2.75) is 25.8 Å². The lowest BCUT2D eigenvalue weighted by atomic mass is 10.0. The van der Waals surface area contributed by atoms with Gasteiger partial charge >= 0.3 is 0 Å². The predicted molar refractivity (Wildman–Crippen MR) is 89.1 cm³/mol. The second kappa shape index (κ2) is 6.50. The molecule has 0 spiro atoms. The van der Waals surface area contributed by atoms with Crippen molar-refractivity contribution in [2.75, 3.05) is 27.2 Å². The minimum Gasteiger partial charge on any atom is -0.342 e. The zero-order chi connectivity index (χ0) is 16.4. The van der Waals surface area contributed by atoms with Crippen LogP contribution in [0.3, 0.4) is 0 Å². The Bertz CT molecular complexity index is 688. The molecule has 1 fully saturated rings. The van der Waals surface area contributed by atoms with E-state index in [0.29, 0.717) is 11.9 Å². The number of carbonyl (C=O) groups is 1. The second-order valence-electron chi connectivity index (χ2n) is 6.25. The van der Waals surface area contributed by atoms with Gasteiger partial charge in [-0.25, -0.2) is 4.98 Å². The van der Waals surface area contributed by atoms with Crippen LogP contribution >= 0.6 is 0 Å². The molecule has 122 valence electrons. The Kier molecular flexibility index (Phi) is 4.43. The van der Waals surface area contributed by atoms with Gasteiger partial charge in [0.1, 0.15) is 0 Å². The average Bonchev–Trinajstić information content (AvgIpc) is 3.25. The maximum Gasteiger partial charge on any atom is 0.290 e. The van der Waals surface area contributed by atoms with Crippen molar-refractivity contribution in [3.8, 4) is 11.4 Å². The molecule has 0 unspecified atom stereocenters. The molecule has 23 heavy (non-hydrogen) atoms. The van der Waals surface area contributed by atoms with E-state index in [1.807, 2.05) is 12.1 Å². The smallest absolute Gasteiger partial charge is 0.290 e. The molecule has 0 aliphatic carbocycles. The molecule has 1 amide bonds. The van der Waals surface area contributed by atoms with E-state index in [4.69, 9.17) is 0 Å². The molecule has 1 aliphatic heterocycles. The monoisotopic (exact) mass is 313 g/mol. The van der Waals surface area contributed by atoms with Crippen molar-refractivity contribution < 1.29 is 4.79 Å². The van der Waals surface area contributed by atoms with Gasteiger partial charge in [0.05, 0.1) is 0 Å². The standard InChI is InChI=1S/C17H23N5O/c1-12(22-9-4-5-10-22)13-7-6-8-14(11-13)15-18-16(20-19-15)17(23)21(2)3/h6-8,11-12H,4-5,9-10H2,1-3H3,(H,18,19,20)/t12-/m1/s1. The summed E-state index contributed by atoms with van der Waals surface area (Å²) in [5.74, 6) is 0.652. The Labute approximate surface area is 136 Å². The highest BCUT2D eigenvalue weighted by Crippen LogP contribution is 2.27. The van der Waals surface area contributed by atoms with Gasteiger partial charge in [-0.2, -0.15) is 5.10 Å². The van der Waals surface area contributed by atoms with Crippen molar-refractivity contribution in [1.29, 1.82) is 0 Å². The van der Waals surface area contributed by atoms with Crippen molar-refractivity contribution in [1.82, 2.24) is 25.0 Å². The van der Waals surface area contributed by atoms with E-state index in [1.54, 1.807) is 14.1 Å². The summed E-state index contributed by atoms with van der Waals surface area (Å²) in [7, 11) is 3.39. The van der Waals surface area contributed by atoms with Crippen molar-refractivity contribution in [3.05, 3.63) is 35.7 Å². The summed E-state index contributed by atoms with van der Waals surface area (Å²) in [5, 5.41) is 6.92. The molecule has 0 bridgehead atoms. The van der Waals surface area contributed by atoms with Crippen LogP contribution in [-0.4, -0.2) is 58.1 Å². The fourth-order valence-corrected chi connectivity index (χ4v) is 2.98. The van der Waals surface area contributed by atoms with Crippen LogP contribution in [-0.2, 0) is 0 Å². The lowest BCUT2D eigenvalue weighted by Gasteiger charge is -2.24.